The minimum atomic E-state index is -0.969. The fraction of sp³-hybridized carbons (Fsp3) is 0.0769. The standard InChI is InChI=1S/C13H10BrF3N2/c14-8-5-4-7(6-11(8)17)13(19-18)12-9(15)2-1-3-10(12)16/h1-6,13,19H,18H2. The fourth-order valence-corrected chi connectivity index (χ4v) is 2.07. The Labute approximate surface area is 116 Å². The molecule has 2 aromatic rings. The molecule has 0 heterocycles. The van der Waals surface area contributed by atoms with Gasteiger partial charge in [0.2, 0.25) is 0 Å². The van der Waals surface area contributed by atoms with E-state index in [0.717, 1.165) is 12.1 Å². The molecule has 0 fully saturated rings. The van der Waals surface area contributed by atoms with Gasteiger partial charge in [0, 0.05) is 5.56 Å². The lowest BCUT2D eigenvalue weighted by atomic mass is 9.98. The van der Waals surface area contributed by atoms with Gasteiger partial charge in [0.25, 0.3) is 0 Å². The summed E-state index contributed by atoms with van der Waals surface area (Å²) in [6.45, 7) is 0. The average Bonchev–Trinajstić information content (AvgIpc) is 2.37. The van der Waals surface area contributed by atoms with Crippen LogP contribution in [0.2, 0.25) is 0 Å². The number of nitrogens with two attached hydrogens (primary N) is 1. The minimum absolute atomic E-state index is 0.244. The van der Waals surface area contributed by atoms with Crippen molar-refractivity contribution in [2.24, 2.45) is 5.84 Å². The van der Waals surface area contributed by atoms with E-state index in [1.807, 2.05) is 0 Å². The molecule has 3 N–H and O–H groups in total. The number of nitrogens with one attached hydrogen (secondary N) is 1. The van der Waals surface area contributed by atoms with Crippen LogP contribution >= 0.6 is 15.9 Å². The molecule has 2 rings (SSSR count). The lowest BCUT2D eigenvalue weighted by molar-refractivity contribution is 0.508. The highest BCUT2D eigenvalue weighted by atomic mass is 79.9. The number of hydrazine groups is 1. The van der Waals surface area contributed by atoms with E-state index in [1.165, 1.54) is 24.3 Å². The van der Waals surface area contributed by atoms with Gasteiger partial charge in [-0.3, -0.25) is 5.84 Å². The molecule has 0 amide bonds. The van der Waals surface area contributed by atoms with E-state index in [9.17, 15) is 13.2 Å². The van der Waals surface area contributed by atoms with E-state index >= 15 is 0 Å². The summed E-state index contributed by atoms with van der Waals surface area (Å²) in [7, 11) is 0. The van der Waals surface area contributed by atoms with Gasteiger partial charge in [-0.2, -0.15) is 0 Å². The lowest BCUT2D eigenvalue weighted by Crippen LogP contribution is -2.30. The van der Waals surface area contributed by atoms with Gasteiger partial charge in [0.05, 0.1) is 10.5 Å². The van der Waals surface area contributed by atoms with Crippen molar-refractivity contribution in [2.75, 3.05) is 0 Å². The van der Waals surface area contributed by atoms with Crippen molar-refractivity contribution in [1.29, 1.82) is 0 Å². The molecular formula is C13H10BrF3N2. The number of hydrogen-bond donors (Lipinski definition) is 2. The van der Waals surface area contributed by atoms with Crippen molar-refractivity contribution >= 4 is 15.9 Å². The Morgan fingerprint density at radius 2 is 1.63 bits per heavy atom. The summed E-state index contributed by atoms with van der Waals surface area (Å²) in [6, 6.07) is 6.68. The van der Waals surface area contributed by atoms with Crippen LogP contribution in [0.5, 0.6) is 0 Å². The molecule has 0 aliphatic rings. The first-order valence-electron chi connectivity index (χ1n) is 5.39. The monoisotopic (exact) mass is 330 g/mol. The van der Waals surface area contributed by atoms with Gasteiger partial charge in [-0.1, -0.05) is 12.1 Å². The molecule has 0 radical (unpaired) electrons. The Hall–Kier alpha value is -1.37. The maximum absolute atomic E-state index is 13.7. The van der Waals surface area contributed by atoms with Crippen LogP contribution < -0.4 is 11.3 Å². The van der Waals surface area contributed by atoms with Crippen molar-refractivity contribution in [3.63, 3.8) is 0 Å². The number of benzene rings is 2. The summed E-state index contributed by atoms with van der Waals surface area (Å²) in [5, 5.41) is 0. The fourth-order valence-electron chi connectivity index (χ4n) is 1.82. The molecule has 0 aliphatic carbocycles. The summed E-state index contributed by atoms with van der Waals surface area (Å²) in [5.41, 5.74) is 2.38. The summed E-state index contributed by atoms with van der Waals surface area (Å²) >= 11 is 3.01. The Kier molecular flexibility index (Phi) is 4.24. The molecule has 2 nitrogen and oxygen atoms in total. The van der Waals surface area contributed by atoms with E-state index in [4.69, 9.17) is 5.84 Å². The zero-order chi connectivity index (χ0) is 14.0. The number of hydrogen-bond acceptors (Lipinski definition) is 2. The van der Waals surface area contributed by atoms with Crippen molar-refractivity contribution in [1.82, 2.24) is 5.43 Å². The molecule has 19 heavy (non-hydrogen) atoms. The Balaban J connectivity index is 2.53. The molecule has 0 aliphatic heterocycles. The van der Waals surface area contributed by atoms with Gasteiger partial charge in [-0.15, -0.1) is 0 Å². The van der Waals surface area contributed by atoms with Crippen LogP contribution in [0.25, 0.3) is 0 Å². The van der Waals surface area contributed by atoms with Gasteiger partial charge >= 0.3 is 0 Å². The minimum Gasteiger partial charge on any atom is -0.271 e. The Morgan fingerprint density at radius 1 is 1.00 bits per heavy atom. The topological polar surface area (TPSA) is 38.0 Å². The second-order valence-electron chi connectivity index (χ2n) is 3.91. The molecule has 0 aromatic heterocycles. The van der Waals surface area contributed by atoms with Crippen LogP contribution in [0.4, 0.5) is 13.2 Å². The molecule has 1 unspecified atom stereocenters. The Bertz CT molecular complexity index is 584. The highest BCUT2D eigenvalue weighted by molar-refractivity contribution is 9.10. The third-order valence-electron chi connectivity index (χ3n) is 2.73. The molecule has 2 aromatic carbocycles. The number of halogens is 4. The van der Waals surface area contributed by atoms with Gasteiger partial charge in [-0.25, -0.2) is 18.6 Å². The van der Waals surface area contributed by atoms with Crippen molar-refractivity contribution < 1.29 is 13.2 Å². The number of rotatable bonds is 3. The van der Waals surface area contributed by atoms with Crippen LogP contribution in [0.15, 0.2) is 40.9 Å². The molecule has 0 saturated heterocycles. The summed E-state index contributed by atoms with van der Waals surface area (Å²) < 4.78 is 41.2. The predicted molar refractivity (Wildman–Crippen MR) is 69.6 cm³/mol. The lowest BCUT2D eigenvalue weighted by Gasteiger charge is -2.18. The summed E-state index contributed by atoms with van der Waals surface area (Å²) in [5.74, 6) is 3.32. The van der Waals surface area contributed by atoms with Crippen LogP contribution in [0, 0.1) is 17.5 Å². The van der Waals surface area contributed by atoms with E-state index in [-0.39, 0.29) is 10.0 Å². The highest BCUT2D eigenvalue weighted by Gasteiger charge is 2.21. The zero-order valence-electron chi connectivity index (χ0n) is 9.63. The van der Waals surface area contributed by atoms with Crippen molar-refractivity contribution in [3.05, 3.63) is 69.4 Å². The third-order valence-corrected chi connectivity index (χ3v) is 3.38. The van der Waals surface area contributed by atoms with Crippen LogP contribution in [0.1, 0.15) is 17.2 Å². The van der Waals surface area contributed by atoms with E-state index < -0.39 is 23.5 Å². The molecule has 6 heteroatoms. The largest absolute Gasteiger partial charge is 0.271 e. The van der Waals surface area contributed by atoms with Gasteiger partial charge in [-0.05, 0) is 45.8 Å². The molecule has 0 saturated carbocycles. The molecular weight excluding hydrogens is 321 g/mol. The van der Waals surface area contributed by atoms with Crippen molar-refractivity contribution in [3.8, 4) is 0 Å². The summed E-state index contributed by atoms with van der Waals surface area (Å²) in [4.78, 5) is 0. The normalized spacial score (nSPS) is 12.5. The first-order chi connectivity index (χ1) is 9.04. The van der Waals surface area contributed by atoms with Crippen LogP contribution in [0.3, 0.4) is 0 Å². The molecule has 0 bridgehead atoms. The first kappa shape index (κ1) is 14.0. The highest BCUT2D eigenvalue weighted by Crippen LogP contribution is 2.28. The van der Waals surface area contributed by atoms with Gasteiger partial charge < -0.3 is 0 Å². The average molecular weight is 331 g/mol. The Morgan fingerprint density at radius 3 is 2.16 bits per heavy atom. The van der Waals surface area contributed by atoms with E-state index in [2.05, 4.69) is 21.4 Å². The smallest absolute Gasteiger partial charge is 0.137 e. The third kappa shape index (κ3) is 2.80. The van der Waals surface area contributed by atoms with Crippen LogP contribution in [-0.2, 0) is 0 Å². The van der Waals surface area contributed by atoms with E-state index in [0.29, 0.717) is 5.56 Å². The second kappa shape index (κ2) is 5.73. The maximum Gasteiger partial charge on any atom is 0.137 e. The summed E-state index contributed by atoms with van der Waals surface area (Å²) in [6.07, 6.45) is 0. The van der Waals surface area contributed by atoms with E-state index in [1.54, 1.807) is 0 Å². The van der Waals surface area contributed by atoms with Crippen molar-refractivity contribution in [2.45, 2.75) is 6.04 Å². The predicted octanol–water partition coefficient (Wildman–Crippen LogP) is 3.42. The molecule has 100 valence electrons. The molecule has 0 spiro atoms. The van der Waals surface area contributed by atoms with Gasteiger partial charge in [0.15, 0.2) is 0 Å². The SMILES string of the molecule is NNC(c1ccc(Br)c(F)c1)c1c(F)cccc1F. The first-order valence-corrected chi connectivity index (χ1v) is 6.19. The molecule has 1 atom stereocenters. The maximum atomic E-state index is 13.7. The quantitative estimate of drug-likeness (QED) is 0.668. The van der Waals surface area contributed by atoms with Crippen LogP contribution in [-0.4, -0.2) is 0 Å². The second-order valence-corrected chi connectivity index (χ2v) is 4.76. The zero-order valence-corrected chi connectivity index (χ0v) is 11.2. The van der Waals surface area contributed by atoms with Gasteiger partial charge in [0.1, 0.15) is 17.5 Å².